The molecule has 0 saturated heterocycles. The standard InChI is InChI=1S/C15H26N2O/c1-2-3-4-5-6-8-11-16-12-14-17-13-9-7-10-15(17)18/h7,9-10,13,16H,2-6,8,11-12,14H2,1H3. The van der Waals surface area contributed by atoms with Crippen molar-refractivity contribution in [2.45, 2.75) is 52.0 Å². The van der Waals surface area contributed by atoms with Gasteiger partial charge in [0.15, 0.2) is 0 Å². The third-order valence-electron chi connectivity index (χ3n) is 3.14. The highest BCUT2D eigenvalue weighted by molar-refractivity contribution is 4.93. The summed E-state index contributed by atoms with van der Waals surface area (Å²) in [6.45, 7) is 4.94. The molecule has 3 nitrogen and oxygen atoms in total. The van der Waals surface area contributed by atoms with Gasteiger partial charge in [-0.1, -0.05) is 45.1 Å². The van der Waals surface area contributed by atoms with Crippen molar-refractivity contribution in [1.82, 2.24) is 9.88 Å². The van der Waals surface area contributed by atoms with E-state index in [-0.39, 0.29) is 5.56 Å². The van der Waals surface area contributed by atoms with E-state index in [1.807, 2.05) is 12.3 Å². The molecule has 0 spiro atoms. The molecule has 0 radical (unpaired) electrons. The Labute approximate surface area is 110 Å². The Morgan fingerprint density at radius 2 is 1.83 bits per heavy atom. The Morgan fingerprint density at radius 1 is 1.06 bits per heavy atom. The molecule has 1 rings (SSSR count). The highest BCUT2D eigenvalue weighted by Crippen LogP contribution is 2.03. The second kappa shape index (κ2) is 9.89. The summed E-state index contributed by atoms with van der Waals surface area (Å²) in [5.74, 6) is 0. The first-order chi connectivity index (χ1) is 8.84. The Bertz CT molecular complexity index is 360. The average molecular weight is 250 g/mol. The van der Waals surface area contributed by atoms with Crippen molar-refractivity contribution < 1.29 is 0 Å². The number of hydrogen-bond acceptors (Lipinski definition) is 2. The summed E-state index contributed by atoms with van der Waals surface area (Å²) in [6, 6.07) is 5.28. The van der Waals surface area contributed by atoms with Crippen molar-refractivity contribution in [3.05, 3.63) is 34.7 Å². The van der Waals surface area contributed by atoms with E-state index in [4.69, 9.17) is 0 Å². The van der Waals surface area contributed by atoms with E-state index >= 15 is 0 Å². The highest BCUT2D eigenvalue weighted by atomic mass is 16.1. The molecule has 102 valence electrons. The lowest BCUT2D eigenvalue weighted by Gasteiger charge is -2.06. The number of rotatable bonds is 10. The maximum atomic E-state index is 11.4. The topological polar surface area (TPSA) is 34.0 Å². The molecule has 0 aliphatic carbocycles. The first-order valence-corrected chi connectivity index (χ1v) is 7.21. The monoisotopic (exact) mass is 250 g/mol. The molecule has 1 N–H and O–H groups in total. The number of hydrogen-bond donors (Lipinski definition) is 1. The van der Waals surface area contributed by atoms with E-state index in [2.05, 4.69) is 12.2 Å². The van der Waals surface area contributed by atoms with Crippen LogP contribution in [0.15, 0.2) is 29.2 Å². The minimum Gasteiger partial charge on any atom is -0.315 e. The second-order valence-corrected chi connectivity index (χ2v) is 4.75. The molecule has 0 atom stereocenters. The maximum Gasteiger partial charge on any atom is 0.250 e. The van der Waals surface area contributed by atoms with Crippen LogP contribution in [0.5, 0.6) is 0 Å². The van der Waals surface area contributed by atoms with Gasteiger partial charge in [0.2, 0.25) is 0 Å². The van der Waals surface area contributed by atoms with Crippen molar-refractivity contribution >= 4 is 0 Å². The van der Waals surface area contributed by atoms with Crippen LogP contribution >= 0.6 is 0 Å². The van der Waals surface area contributed by atoms with E-state index in [0.29, 0.717) is 0 Å². The molecule has 0 aromatic carbocycles. The van der Waals surface area contributed by atoms with E-state index in [1.165, 1.54) is 38.5 Å². The summed E-state index contributed by atoms with van der Waals surface area (Å²) in [5, 5.41) is 3.39. The summed E-state index contributed by atoms with van der Waals surface area (Å²) in [7, 11) is 0. The Morgan fingerprint density at radius 3 is 2.61 bits per heavy atom. The lowest BCUT2D eigenvalue weighted by Crippen LogP contribution is -2.26. The fourth-order valence-corrected chi connectivity index (χ4v) is 2.00. The van der Waals surface area contributed by atoms with Gasteiger partial charge < -0.3 is 9.88 Å². The highest BCUT2D eigenvalue weighted by Gasteiger charge is 1.93. The van der Waals surface area contributed by atoms with Crippen LogP contribution in [0.2, 0.25) is 0 Å². The molecule has 1 aromatic rings. The van der Waals surface area contributed by atoms with Crippen LogP contribution in [0.4, 0.5) is 0 Å². The first kappa shape index (κ1) is 15.0. The predicted octanol–water partition coefficient (Wildman–Crippen LogP) is 2.80. The van der Waals surface area contributed by atoms with Gasteiger partial charge >= 0.3 is 0 Å². The number of pyridine rings is 1. The SMILES string of the molecule is CCCCCCCCNCCn1ccccc1=O. The summed E-state index contributed by atoms with van der Waals surface area (Å²) < 4.78 is 1.74. The minimum atomic E-state index is 0.0823. The largest absolute Gasteiger partial charge is 0.315 e. The van der Waals surface area contributed by atoms with Crippen molar-refractivity contribution in [1.29, 1.82) is 0 Å². The van der Waals surface area contributed by atoms with Gasteiger partial charge in [0.05, 0.1) is 0 Å². The minimum absolute atomic E-state index is 0.0823. The smallest absolute Gasteiger partial charge is 0.250 e. The number of aromatic nitrogens is 1. The Balaban J connectivity index is 1.96. The van der Waals surface area contributed by atoms with Crippen molar-refractivity contribution in [2.24, 2.45) is 0 Å². The molecule has 18 heavy (non-hydrogen) atoms. The van der Waals surface area contributed by atoms with Crippen molar-refractivity contribution in [2.75, 3.05) is 13.1 Å². The van der Waals surface area contributed by atoms with Crippen LogP contribution in [-0.2, 0) is 6.54 Å². The van der Waals surface area contributed by atoms with Crippen molar-refractivity contribution in [3.8, 4) is 0 Å². The Kier molecular flexibility index (Phi) is 8.23. The summed E-state index contributed by atoms with van der Waals surface area (Å²) >= 11 is 0. The third kappa shape index (κ3) is 6.60. The molecular formula is C15H26N2O. The van der Waals surface area contributed by atoms with E-state index in [9.17, 15) is 4.79 Å². The fourth-order valence-electron chi connectivity index (χ4n) is 2.00. The van der Waals surface area contributed by atoms with Gasteiger partial charge in [-0.3, -0.25) is 4.79 Å². The molecule has 0 fully saturated rings. The second-order valence-electron chi connectivity index (χ2n) is 4.75. The normalized spacial score (nSPS) is 10.7. The van der Waals surface area contributed by atoms with E-state index < -0.39 is 0 Å². The lowest BCUT2D eigenvalue weighted by atomic mass is 10.1. The van der Waals surface area contributed by atoms with Gasteiger partial charge in [-0.2, -0.15) is 0 Å². The molecule has 0 saturated carbocycles. The number of nitrogens with one attached hydrogen (secondary N) is 1. The molecule has 0 aliphatic heterocycles. The van der Waals surface area contributed by atoms with Crippen LogP contribution in [0.3, 0.4) is 0 Å². The van der Waals surface area contributed by atoms with Crippen LogP contribution in [0, 0.1) is 0 Å². The zero-order valence-corrected chi connectivity index (χ0v) is 11.5. The van der Waals surface area contributed by atoms with Crippen molar-refractivity contribution in [3.63, 3.8) is 0 Å². The zero-order valence-electron chi connectivity index (χ0n) is 11.5. The van der Waals surface area contributed by atoms with Crippen LogP contribution in [-0.4, -0.2) is 17.7 Å². The zero-order chi connectivity index (χ0) is 13.1. The maximum absolute atomic E-state index is 11.4. The molecule has 0 unspecified atom stereocenters. The summed E-state index contributed by atoms with van der Waals surface area (Å²) in [6.07, 6.45) is 9.80. The average Bonchev–Trinajstić information content (AvgIpc) is 2.39. The van der Waals surface area contributed by atoms with E-state index in [1.54, 1.807) is 16.7 Å². The van der Waals surface area contributed by atoms with Gasteiger partial charge in [0.25, 0.3) is 5.56 Å². The van der Waals surface area contributed by atoms with Gasteiger partial charge in [-0.05, 0) is 19.0 Å². The molecule has 0 amide bonds. The Hall–Kier alpha value is -1.09. The fraction of sp³-hybridized carbons (Fsp3) is 0.667. The quantitative estimate of drug-likeness (QED) is 0.648. The van der Waals surface area contributed by atoms with Crippen LogP contribution in [0.25, 0.3) is 0 Å². The number of unbranched alkanes of at least 4 members (excludes halogenated alkanes) is 5. The predicted molar refractivity (Wildman–Crippen MR) is 76.9 cm³/mol. The van der Waals surface area contributed by atoms with Gasteiger partial charge in [-0.25, -0.2) is 0 Å². The summed E-state index contributed by atoms with van der Waals surface area (Å²) in [4.78, 5) is 11.4. The van der Waals surface area contributed by atoms with Gasteiger partial charge in [-0.15, -0.1) is 0 Å². The lowest BCUT2D eigenvalue weighted by molar-refractivity contribution is 0.544. The van der Waals surface area contributed by atoms with Gasteiger partial charge in [0, 0.05) is 25.4 Å². The number of nitrogens with zero attached hydrogens (tertiary/aromatic N) is 1. The molecular weight excluding hydrogens is 224 g/mol. The summed E-state index contributed by atoms with van der Waals surface area (Å²) in [5.41, 5.74) is 0.0823. The first-order valence-electron chi connectivity index (χ1n) is 7.21. The van der Waals surface area contributed by atoms with Gasteiger partial charge in [0.1, 0.15) is 0 Å². The molecule has 1 aromatic heterocycles. The molecule has 0 bridgehead atoms. The third-order valence-corrected chi connectivity index (χ3v) is 3.14. The molecule has 3 heteroatoms. The molecule has 1 heterocycles. The van der Waals surface area contributed by atoms with E-state index in [0.717, 1.165) is 19.6 Å². The van der Waals surface area contributed by atoms with Crippen LogP contribution < -0.4 is 10.9 Å². The van der Waals surface area contributed by atoms with Crippen LogP contribution in [0.1, 0.15) is 45.4 Å². The molecule has 0 aliphatic rings.